The number of nitrogens with one attached hydrogen (secondary N) is 3. The number of aromatic nitrogens is 5. The molecule has 12 heteroatoms. The van der Waals surface area contributed by atoms with Crippen molar-refractivity contribution in [3.8, 4) is 11.1 Å². The lowest BCUT2D eigenvalue weighted by molar-refractivity contribution is -0.134. The highest BCUT2D eigenvalue weighted by molar-refractivity contribution is 6.09. The van der Waals surface area contributed by atoms with Gasteiger partial charge in [-0.05, 0) is 47.5 Å². The van der Waals surface area contributed by atoms with Gasteiger partial charge in [0.25, 0.3) is 12.4 Å². The maximum absolute atomic E-state index is 13.2. The summed E-state index contributed by atoms with van der Waals surface area (Å²) in [7, 11) is 1.81. The molecule has 0 radical (unpaired) electrons. The van der Waals surface area contributed by atoms with Crippen molar-refractivity contribution >= 4 is 45.9 Å². The Kier molecular flexibility index (Phi) is 7.28. The fourth-order valence-corrected chi connectivity index (χ4v) is 4.57. The molecule has 0 aliphatic carbocycles. The number of carboxylic acid groups (broad SMARTS) is 1. The largest absolute Gasteiger partial charge is 0.483 e. The normalized spacial score (nSPS) is 13.8. The first-order chi connectivity index (χ1) is 19.0. The van der Waals surface area contributed by atoms with E-state index in [1.54, 1.807) is 23.4 Å². The Bertz CT molecular complexity index is 1660. The highest BCUT2D eigenvalue weighted by Gasteiger charge is 2.22. The van der Waals surface area contributed by atoms with Crippen LogP contribution in [-0.4, -0.2) is 85.0 Å². The van der Waals surface area contributed by atoms with Crippen LogP contribution in [0.2, 0.25) is 0 Å². The van der Waals surface area contributed by atoms with Crippen molar-refractivity contribution in [3.63, 3.8) is 0 Å². The highest BCUT2D eigenvalue weighted by atomic mass is 16.3. The van der Waals surface area contributed by atoms with Crippen LogP contribution in [0.3, 0.4) is 0 Å². The SMILES string of the molecule is CN1CCN(Cc2cccc(C(=O)Nc3cc(-c4ccnc5[nH]ccc45)cc4[nH]ncc34)n2)CC1=O.O=CO. The van der Waals surface area contributed by atoms with Crippen LogP contribution in [0.5, 0.6) is 0 Å². The molecule has 0 saturated carbocycles. The van der Waals surface area contributed by atoms with E-state index in [2.05, 4.69) is 30.5 Å². The van der Waals surface area contributed by atoms with E-state index in [0.29, 0.717) is 31.0 Å². The van der Waals surface area contributed by atoms with Gasteiger partial charge in [-0.2, -0.15) is 5.10 Å². The Labute approximate surface area is 222 Å². The average Bonchev–Trinajstić information content (AvgIpc) is 3.61. The summed E-state index contributed by atoms with van der Waals surface area (Å²) >= 11 is 0. The minimum Gasteiger partial charge on any atom is -0.483 e. The molecule has 1 saturated heterocycles. The fraction of sp³-hybridized carbons (Fsp3) is 0.185. The van der Waals surface area contributed by atoms with Crippen LogP contribution < -0.4 is 5.32 Å². The molecular formula is C27H26N8O4. The molecule has 0 unspecified atom stereocenters. The van der Waals surface area contributed by atoms with Crippen LogP contribution in [0.25, 0.3) is 33.1 Å². The van der Waals surface area contributed by atoms with E-state index in [-0.39, 0.29) is 18.3 Å². The van der Waals surface area contributed by atoms with Crippen LogP contribution in [0.4, 0.5) is 5.69 Å². The van der Waals surface area contributed by atoms with Crippen molar-refractivity contribution in [2.75, 3.05) is 32.0 Å². The number of likely N-dealkylation sites (N-methyl/N-ethyl adjacent to an activating group) is 1. The number of piperazine rings is 1. The number of benzene rings is 1. The standard InChI is InChI=1S/C26H24N8O2.CH2O2/c1-33-9-10-34(15-24(33)35)14-17-3-2-4-21(30-17)26(36)31-22-11-16(12-23-20(22)13-29-32-23)18-5-7-27-25-19(18)6-8-28-25;2-1-3/h2-8,11-13H,9-10,14-15H2,1H3,(H,27,28)(H,29,32)(H,31,36);1H,(H,2,3). The van der Waals surface area contributed by atoms with E-state index in [4.69, 9.17) is 9.90 Å². The van der Waals surface area contributed by atoms with Crippen molar-refractivity contribution < 1.29 is 19.5 Å². The Balaban J connectivity index is 0.000000983. The maximum Gasteiger partial charge on any atom is 0.290 e. The molecule has 0 bridgehead atoms. The molecule has 1 fully saturated rings. The van der Waals surface area contributed by atoms with Gasteiger partial charge in [0.15, 0.2) is 0 Å². The van der Waals surface area contributed by atoms with Crippen molar-refractivity contribution in [1.82, 2.24) is 34.9 Å². The van der Waals surface area contributed by atoms with Gasteiger partial charge in [-0.1, -0.05) is 6.07 Å². The fourth-order valence-electron chi connectivity index (χ4n) is 4.57. The Hall–Kier alpha value is -5.10. The lowest BCUT2D eigenvalue weighted by atomic mass is 10.0. The van der Waals surface area contributed by atoms with Crippen molar-refractivity contribution in [2.45, 2.75) is 6.54 Å². The smallest absolute Gasteiger partial charge is 0.290 e. The molecule has 1 aliphatic heterocycles. The molecule has 0 spiro atoms. The zero-order chi connectivity index (χ0) is 27.4. The highest BCUT2D eigenvalue weighted by Crippen LogP contribution is 2.33. The quantitative estimate of drug-likeness (QED) is 0.254. The second-order valence-corrected chi connectivity index (χ2v) is 9.05. The predicted molar refractivity (Wildman–Crippen MR) is 145 cm³/mol. The number of hydrogen-bond donors (Lipinski definition) is 4. The predicted octanol–water partition coefficient (Wildman–Crippen LogP) is 2.73. The van der Waals surface area contributed by atoms with E-state index in [9.17, 15) is 9.59 Å². The molecule has 198 valence electrons. The molecule has 0 atom stereocenters. The van der Waals surface area contributed by atoms with Crippen molar-refractivity contribution in [2.24, 2.45) is 0 Å². The number of rotatable bonds is 5. The third-order valence-corrected chi connectivity index (χ3v) is 6.54. The summed E-state index contributed by atoms with van der Waals surface area (Å²) in [4.78, 5) is 49.5. The molecule has 5 aromatic rings. The number of hydrogen-bond acceptors (Lipinski definition) is 7. The van der Waals surface area contributed by atoms with Gasteiger partial charge in [-0.15, -0.1) is 0 Å². The van der Waals surface area contributed by atoms with Gasteiger partial charge in [0.1, 0.15) is 11.3 Å². The Morgan fingerprint density at radius 3 is 2.85 bits per heavy atom. The summed E-state index contributed by atoms with van der Waals surface area (Å²) in [5.41, 5.74) is 5.22. The van der Waals surface area contributed by atoms with E-state index in [0.717, 1.165) is 45.3 Å². The summed E-state index contributed by atoms with van der Waals surface area (Å²) in [6.45, 7) is 2.07. The second-order valence-electron chi connectivity index (χ2n) is 9.05. The number of nitrogens with zero attached hydrogens (tertiary/aromatic N) is 5. The molecule has 1 aliphatic rings. The first kappa shape index (κ1) is 25.5. The van der Waals surface area contributed by atoms with Crippen molar-refractivity contribution in [1.29, 1.82) is 0 Å². The van der Waals surface area contributed by atoms with Gasteiger partial charge < -0.3 is 20.3 Å². The van der Waals surface area contributed by atoms with Gasteiger partial charge >= 0.3 is 0 Å². The first-order valence-corrected chi connectivity index (χ1v) is 12.2. The Morgan fingerprint density at radius 2 is 2.03 bits per heavy atom. The van der Waals surface area contributed by atoms with Gasteiger partial charge in [0.05, 0.1) is 29.6 Å². The first-order valence-electron chi connectivity index (χ1n) is 12.2. The Morgan fingerprint density at radius 1 is 1.18 bits per heavy atom. The summed E-state index contributed by atoms with van der Waals surface area (Å²) in [5, 5.41) is 18.9. The molecule has 39 heavy (non-hydrogen) atoms. The van der Waals surface area contributed by atoms with E-state index >= 15 is 0 Å². The topological polar surface area (TPSA) is 160 Å². The zero-order valence-electron chi connectivity index (χ0n) is 21.1. The summed E-state index contributed by atoms with van der Waals surface area (Å²) < 4.78 is 0. The third-order valence-electron chi connectivity index (χ3n) is 6.54. The second kappa shape index (κ2) is 11.1. The zero-order valence-corrected chi connectivity index (χ0v) is 21.1. The number of carbonyl (C=O) groups is 3. The van der Waals surface area contributed by atoms with Crippen molar-refractivity contribution in [3.05, 3.63) is 72.4 Å². The molecule has 2 amide bonds. The van der Waals surface area contributed by atoms with E-state index in [1.165, 1.54) is 0 Å². The molecule has 1 aromatic carbocycles. The molecule has 5 heterocycles. The lowest BCUT2D eigenvalue weighted by Gasteiger charge is -2.31. The summed E-state index contributed by atoms with van der Waals surface area (Å²) in [6, 6.07) is 13.3. The number of anilines is 1. The number of H-pyrrole nitrogens is 2. The van der Waals surface area contributed by atoms with Gasteiger partial charge in [0.2, 0.25) is 5.91 Å². The average molecular weight is 527 g/mol. The van der Waals surface area contributed by atoms with Gasteiger partial charge in [0, 0.05) is 49.8 Å². The van der Waals surface area contributed by atoms with Crippen LogP contribution in [0.1, 0.15) is 16.2 Å². The summed E-state index contributed by atoms with van der Waals surface area (Å²) in [6.07, 6.45) is 5.31. The molecule has 12 nitrogen and oxygen atoms in total. The number of pyridine rings is 2. The van der Waals surface area contributed by atoms with Crippen LogP contribution in [0.15, 0.2) is 61.1 Å². The van der Waals surface area contributed by atoms with Crippen LogP contribution in [-0.2, 0) is 16.1 Å². The summed E-state index contributed by atoms with van der Waals surface area (Å²) in [5.74, 6) is -0.224. The monoisotopic (exact) mass is 526 g/mol. The van der Waals surface area contributed by atoms with E-state index in [1.807, 2.05) is 54.5 Å². The van der Waals surface area contributed by atoms with Crippen LogP contribution >= 0.6 is 0 Å². The number of fused-ring (bicyclic) bond motifs is 2. The minimum atomic E-state index is -0.313. The minimum absolute atomic E-state index is 0.0882. The van der Waals surface area contributed by atoms with Crippen LogP contribution in [0, 0.1) is 0 Å². The lowest BCUT2D eigenvalue weighted by Crippen LogP contribution is -2.48. The molecule has 4 aromatic heterocycles. The van der Waals surface area contributed by atoms with Gasteiger partial charge in [-0.25, -0.2) is 9.97 Å². The van der Waals surface area contributed by atoms with E-state index < -0.39 is 0 Å². The maximum atomic E-state index is 13.2. The van der Waals surface area contributed by atoms with Gasteiger partial charge in [-0.3, -0.25) is 24.4 Å². The number of amides is 2. The number of aromatic amines is 2. The number of carbonyl (C=O) groups excluding carboxylic acids is 2. The molecule has 6 rings (SSSR count). The molecule has 4 N–H and O–H groups in total. The molecular weight excluding hydrogens is 500 g/mol. The third kappa shape index (κ3) is 5.45.